The molecule has 15 heteroatoms. The molecule has 0 saturated heterocycles. The van der Waals surface area contributed by atoms with Crippen LogP contribution in [0.25, 0.3) is 22.3 Å². The maximum Gasteiger partial charge on any atom is 0.337 e. The lowest BCUT2D eigenvalue weighted by molar-refractivity contribution is 0.0683. The number of aromatic carboxylic acids is 3. The molecule has 0 heterocycles. The molecule has 0 bridgehead atoms. The van der Waals surface area contributed by atoms with Crippen molar-refractivity contribution in [1.29, 1.82) is 0 Å². The Morgan fingerprint density at radius 2 is 0.722 bits per heavy atom. The minimum Gasteiger partial charge on any atom is -0.504 e. The summed E-state index contributed by atoms with van der Waals surface area (Å²) in [5, 5.41) is 120. The first-order valence-corrected chi connectivity index (χ1v) is 9.20. The Balaban J connectivity index is 2.74. The summed E-state index contributed by atoms with van der Waals surface area (Å²) in [6, 6.07) is 0.682. The molecule has 3 aromatic rings. The largest absolute Gasteiger partial charge is 0.504 e. The van der Waals surface area contributed by atoms with Gasteiger partial charge in [0.25, 0.3) is 0 Å². The zero-order valence-electron chi connectivity index (χ0n) is 17.2. The molecule has 188 valence electrons. The average Bonchev–Trinajstić information content (AvgIpc) is 2.79. The van der Waals surface area contributed by atoms with Gasteiger partial charge in [0, 0.05) is 22.3 Å². The molecule has 3 aromatic carbocycles. The number of rotatable bonds is 5. The number of hydrogen-bond donors (Lipinski definition) is 12. The Labute approximate surface area is 197 Å². The van der Waals surface area contributed by atoms with Gasteiger partial charge in [0.2, 0.25) is 17.2 Å². The van der Waals surface area contributed by atoms with Crippen molar-refractivity contribution in [3.05, 3.63) is 28.8 Å². The molecule has 0 spiro atoms. The maximum atomic E-state index is 12.3. The Kier molecular flexibility index (Phi) is 5.70. The second-order valence-electron chi connectivity index (χ2n) is 7.12. The van der Waals surface area contributed by atoms with Crippen LogP contribution in [-0.4, -0.2) is 79.2 Å². The topological polar surface area (TPSA) is 294 Å². The summed E-state index contributed by atoms with van der Waals surface area (Å²) < 4.78 is 0. The van der Waals surface area contributed by atoms with Crippen molar-refractivity contribution in [3.8, 4) is 74.0 Å². The van der Waals surface area contributed by atoms with Crippen LogP contribution in [0.4, 0.5) is 0 Å². The van der Waals surface area contributed by atoms with Gasteiger partial charge in [-0.2, -0.15) is 0 Å². The maximum absolute atomic E-state index is 12.3. The van der Waals surface area contributed by atoms with Gasteiger partial charge in [-0.1, -0.05) is 0 Å². The molecule has 0 aliphatic carbocycles. The second kappa shape index (κ2) is 8.24. The van der Waals surface area contributed by atoms with Crippen molar-refractivity contribution in [2.45, 2.75) is 0 Å². The Hall–Kier alpha value is -5.73. The van der Waals surface area contributed by atoms with Gasteiger partial charge in [-0.05, 0) is 12.1 Å². The van der Waals surface area contributed by atoms with E-state index in [0.717, 1.165) is 0 Å². The molecule has 0 saturated carbocycles. The molecule has 0 radical (unpaired) electrons. The quantitative estimate of drug-likeness (QED) is 0.218. The molecule has 0 fully saturated rings. The number of aromatic hydroxyl groups is 9. The van der Waals surface area contributed by atoms with E-state index >= 15 is 0 Å². The summed E-state index contributed by atoms with van der Waals surface area (Å²) in [7, 11) is 0. The molecule has 0 aromatic heterocycles. The summed E-state index contributed by atoms with van der Waals surface area (Å²) in [4.78, 5) is 35.8. The highest BCUT2D eigenvalue weighted by Crippen LogP contribution is 2.58. The first kappa shape index (κ1) is 24.9. The predicted molar refractivity (Wildman–Crippen MR) is 113 cm³/mol. The van der Waals surface area contributed by atoms with Crippen LogP contribution in [0, 0.1) is 0 Å². The van der Waals surface area contributed by atoms with E-state index in [-0.39, 0.29) is 0 Å². The van der Waals surface area contributed by atoms with E-state index in [0.29, 0.717) is 12.1 Å². The van der Waals surface area contributed by atoms with E-state index in [9.17, 15) is 75.7 Å². The van der Waals surface area contributed by atoms with E-state index in [4.69, 9.17) is 0 Å². The number of carboxylic acid groups (broad SMARTS) is 3. The first-order valence-electron chi connectivity index (χ1n) is 9.20. The Morgan fingerprint density at radius 1 is 0.417 bits per heavy atom. The monoisotopic (exact) mass is 506 g/mol. The lowest BCUT2D eigenvalue weighted by Gasteiger charge is -2.21. The second-order valence-corrected chi connectivity index (χ2v) is 7.12. The molecule has 15 nitrogen and oxygen atoms in total. The van der Waals surface area contributed by atoms with Gasteiger partial charge in [0.15, 0.2) is 34.5 Å². The third-order valence-electron chi connectivity index (χ3n) is 5.11. The van der Waals surface area contributed by atoms with E-state index in [1.807, 2.05) is 0 Å². The fourth-order valence-corrected chi connectivity index (χ4v) is 3.54. The van der Waals surface area contributed by atoms with Crippen molar-refractivity contribution in [2.24, 2.45) is 0 Å². The van der Waals surface area contributed by atoms with E-state index < -0.39 is 109 Å². The summed E-state index contributed by atoms with van der Waals surface area (Å²) in [5.74, 6) is -19.1. The van der Waals surface area contributed by atoms with E-state index in [1.165, 1.54) is 0 Å². The molecule has 0 amide bonds. The van der Waals surface area contributed by atoms with Gasteiger partial charge in [-0.25, -0.2) is 14.4 Å². The zero-order valence-corrected chi connectivity index (χ0v) is 17.2. The fraction of sp³-hybridized carbons (Fsp3) is 0. The number of benzene rings is 3. The van der Waals surface area contributed by atoms with Crippen molar-refractivity contribution in [3.63, 3.8) is 0 Å². The van der Waals surface area contributed by atoms with Crippen LogP contribution in [0.15, 0.2) is 12.1 Å². The van der Waals surface area contributed by atoms with E-state index in [1.54, 1.807) is 0 Å². The standard InChI is InChI=1S/C21H14O15/c22-5-1-3(19(31)32)7(14(26)12(5)24)9-11(21(35)36)10(17(29)18(30)16(9)28)8-4(20(33)34)2-6(23)13(25)15(8)27/h1-2,22-30H,(H,31,32)(H,33,34)(H,35,36). The summed E-state index contributed by atoms with van der Waals surface area (Å²) >= 11 is 0. The Bertz CT molecular complexity index is 1400. The van der Waals surface area contributed by atoms with Crippen LogP contribution in [0.2, 0.25) is 0 Å². The van der Waals surface area contributed by atoms with Gasteiger partial charge < -0.3 is 61.3 Å². The third-order valence-corrected chi connectivity index (χ3v) is 5.11. The molecule has 3 rings (SSSR count). The van der Waals surface area contributed by atoms with Gasteiger partial charge in [0.05, 0.1) is 16.7 Å². The lowest BCUT2D eigenvalue weighted by atomic mass is 9.85. The molecular weight excluding hydrogens is 492 g/mol. The summed E-state index contributed by atoms with van der Waals surface area (Å²) in [5.41, 5.74) is -8.82. The van der Waals surface area contributed by atoms with Crippen LogP contribution in [0.1, 0.15) is 31.1 Å². The molecule has 0 atom stereocenters. The molecule has 36 heavy (non-hydrogen) atoms. The number of hydrogen-bond acceptors (Lipinski definition) is 12. The SMILES string of the molecule is O=C(O)c1cc(O)c(O)c(O)c1-c1c(O)c(O)c(O)c(-c2c(C(=O)O)cc(O)c(O)c2O)c1C(=O)O. The smallest absolute Gasteiger partial charge is 0.337 e. The van der Waals surface area contributed by atoms with Crippen molar-refractivity contribution in [2.75, 3.05) is 0 Å². The highest BCUT2D eigenvalue weighted by molar-refractivity contribution is 6.14. The van der Waals surface area contributed by atoms with Gasteiger partial charge >= 0.3 is 17.9 Å². The number of phenols is 9. The third kappa shape index (κ3) is 3.43. The van der Waals surface area contributed by atoms with Crippen LogP contribution >= 0.6 is 0 Å². The predicted octanol–water partition coefficient (Wildman–Crippen LogP) is 1.47. The molecular formula is C21H14O15. The van der Waals surface area contributed by atoms with Crippen LogP contribution in [0.5, 0.6) is 51.7 Å². The highest BCUT2D eigenvalue weighted by atomic mass is 16.4. The van der Waals surface area contributed by atoms with Crippen molar-refractivity contribution < 1.29 is 75.7 Å². The molecule has 0 aliphatic heterocycles. The van der Waals surface area contributed by atoms with Gasteiger partial charge in [-0.3, -0.25) is 0 Å². The van der Waals surface area contributed by atoms with Gasteiger partial charge in [-0.15, -0.1) is 0 Å². The normalized spacial score (nSPS) is 10.8. The molecule has 12 N–H and O–H groups in total. The number of carboxylic acids is 3. The van der Waals surface area contributed by atoms with Gasteiger partial charge in [0.1, 0.15) is 0 Å². The van der Waals surface area contributed by atoms with E-state index in [2.05, 4.69) is 0 Å². The van der Waals surface area contributed by atoms with Crippen LogP contribution in [0.3, 0.4) is 0 Å². The Morgan fingerprint density at radius 3 is 1.00 bits per heavy atom. The fourth-order valence-electron chi connectivity index (χ4n) is 3.54. The number of phenolic OH excluding ortho intramolecular Hbond substituents is 9. The highest BCUT2D eigenvalue weighted by Gasteiger charge is 2.37. The number of carbonyl (C=O) groups is 3. The summed E-state index contributed by atoms with van der Waals surface area (Å²) in [6.07, 6.45) is 0. The van der Waals surface area contributed by atoms with Crippen LogP contribution < -0.4 is 0 Å². The minimum absolute atomic E-state index is 0.341. The average molecular weight is 506 g/mol. The molecule has 0 aliphatic rings. The van der Waals surface area contributed by atoms with Crippen molar-refractivity contribution in [1.82, 2.24) is 0 Å². The summed E-state index contributed by atoms with van der Waals surface area (Å²) in [6.45, 7) is 0. The molecule has 0 unspecified atom stereocenters. The van der Waals surface area contributed by atoms with Crippen LogP contribution in [-0.2, 0) is 0 Å². The first-order chi connectivity index (χ1) is 16.6. The van der Waals surface area contributed by atoms with Crippen molar-refractivity contribution >= 4 is 17.9 Å². The zero-order chi connectivity index (χ0) is 27.4. The minimum atomic E-state index is -2.18. The lowest BCUT2D eigenvalue weighted by Crippen LogP contribution is -2.09.